The van der Waals surface area contributed by atoms with Crippen molar-refractivity contribution in [3.8, 4) is 0 Å². The van der Waals surface area contributed by atoms with Gasteiger partial charge in [0.15, 0.2) is 5.78 Å². The zero-order chi connectivity index (χ0) is 13.0. The van der Waals surface area contributed by atoms with Gasteiger partial charge in [0.25, 0.3) is 0 Å². The molecule has 94 valence electrons. The number of ketones is 1. The van der Waals surface area contributed by atoms with Gasteiger partial charge in [-0.2, -0.15) is 0 Å². The molecule has 0 spiro atoms. The second-order valence-electron chi connectivity index (χ2n) is 4.14. The van der Waals surface area contributed by atoms with Gasteiger partial charge in [-0.15, -0.1) is 0 Å². The smallest absolute Gasteiger partial charge is 0.173 e. The van der Waals surface area contributed by atoms with Gasteiger partial charge in [0.2, 0.25) is 0 Å². The van der Waals surface area contributed by atoms with E-state index in [1.54, 1.807) is 0 Å². The van der Waals surface area contributed by atoms with Crippen LogP contribution < -0.4 is 5.73 Å². The fraction of sp³-hybridized carbons (Fsp3) is 0.462. The molecule has 1 unspecified atom stereocenters. The van der Waals surface area contributed by atoms with E-state index in [1.165, 1.54) is 13.0 Å². The molecule has 0 amide bonds. The Morgan fingerprint density at radius 2 is 2.06 bits per heavy atom. The number of rotatable bonds is 5. The fourth-order valence-corrected chi connectivity index (χ4v) is 1.79. The van der Waals surface area contributed by atoms with E-state index < -0.39 is 28.9 Å². The topological polar surface area (TPSA) is 43.1 Å². The van der Waals surface area contributed by atoms with Crippen molar-refractivity contribution in [2.24, 2.45) is 11.7 Å². The van der Waals surface area contributed by atoms with Crippen molar-refractivity contribution in [3.05, 3.63) is 34.9 Å². The van der Waals surface area contributed by atoms with Crippen molar-refractivity contribution >= 4 is 5.78 Å². The Balaban J connectivity index is 3.15. The van der Waals surface area contributed by atoms with Gasteiger partial charge < -0.3 is 5.73 Å². The van der Waals surface area contributed by atoms with E-state index in [1.807, 2.05) is 6.92 Å². The standard InChI is InChI=1S/C13H17F2NO/c1-3-4-9(7-16)13(17)11-10(14)6-5-8(2)12(11)15/h5-6,9H,3-4,7,16H2,1-2H3. The van der Waals surface area contributed by atoms with Crippen molar-refractivity contribution in [1.82, 2.24) is 0 Å². The van der Waals surface area contributed by atoms with Gasteiger partial charge >= 0.3 is 0 Å². The Kier molecular flexibility index (Phi) is 4.75. The lowest BCUT2D eigenvalue weighted by atomic mass is 9.92. The third-order valence-electron chi connectivity index (χ3n) is 2.82. The minimum Gasteiger partial charge on any atom is -0.330 e. The molecule has 4 heteroatoms. The quantitative estimate of drug-likeness (QED) is 0.805. The molecule has 2 N–H and O–H groups in total. The van der Waals surface area contributed by atoms with Crippen molar-refractivity contribution in [2.45, 2.75) is 26.7 Å². The van der Waals surface area contributed by atoms with Gasteiger partial charge in [-0.3, -0.25) is 4.79 Å². The lowest BCUT2D eigenvalue weighted by Crippen LogP contribution is -2.25. The third kappa shape index (κ3) is 2.88. The van der Waals surface area contributed by atoms with Crippen LogP contribution in [0.3, 0.4) is 0 Å². The monoisotopic (exact) mass is 241 g/mol. The molecule has 0 bridgehead atoms. The normalized spacial score (nSPS) is 12.5. The lowest BCUT2D eigenvalue weighted by Gasteiger charge is -2.14. The van der Waals surface area contributed by atoms with E-state index >= 15 is 0 Å². The summed E-state index contributed by atoms with van der Waals surface area (Å²) in [6, 6.07) is 2.43. The summed E-state index contributed by atoms with van der Waals surface area (Å²) in [7, 11) is 0. The Morgan fingerprint density at radius 1 is 1.41 bits per heavy atom. The van der Waals surface area contributed by atoms with Crippen LogP contribution in [0.25, 0.3) is 0 Å². The molecule has 0 fully saturated rings. The highest BCUT2D eigenvalue weighted by Gasteiger charge is 2.25. The van der Waals surface area contributed by atoms with Crippen LogP contribution in [0.2, 0.25) is 0 Å². The number of hydrogen-bond acceptors (Lipinski definition) is 2. The van der Waals surface area contributed by atoms with Gasteiger partial charge in [-0.1, -0.05) is 19.4 Å². The van der Waals surface area contributed by atoms with Crippen molar-refractivity contribution in [2.75, 3.05) is 6.54 Å². The third-order valence-corrected chi connectivity index (χ3v) is 2.82. The van der Waals surface area contributed by atoms with Gasteiger partial charge in [0.05, 0.1) is 5.56 Å². The van der Waals surface area contributed by atoms with Crippen LogP contribution in [0.5, 0.6) is 0 Å². The number of Topliss-reactive ketones (excluding diaryl/α,β-unsaturated/α-hetero) is 1. The number of halogens is 2. The van der Waals surface area contributed by atoms with Crippen LogP contribution in [-0.2, 0) is 0 Å². The average molecular weight is 241 g/mol. The van der Waals surface area contributed by atoms with Crippen molar-refractivity contribution in [1.29, 1.82) is 0 Å². The van der Waals surface area contributed by atoms with E-state index in [0.29, 0.717) is 6.42 Å². The molecular weight excluding hydrogens is 224 g/mol. The predicted octanol–water partition coefficient (Wildman–Crippen LogP) is 2.83. The van der Waals surface area contributed by atoms with Crippen molar-refractivity contribution in [3.63, 3.8) is 0 Å². The number of aryl methyl sites for hydroxylation is 1. The summed E-state index contributed by atoms with van der Waals surface area (Å²) in [6.45, 7) is 3.52. The minimum atomic E-state index is -0.812. The molecule has 0 aromatic heterocycles. The molecule has 0 saturated carbocycles. The van der Waals surface area contributed by atoms with E-state index in [2.05, 4.69) is 0 Å². The molecule has 1 aromatic rings. The molecule has 0 aliphatic carbocycles. The summed E-state index contributed by atoms with van der Waals surface area (Å²) < 4.78 is 27.3. The molecule has 0 radical (unpaired) electrons. The zero-order valence-corrected chi connectivity index (χ0v) is 10.1. The van der Waals surface area contributed by atoms with Crippen LogP contribution in [0.4, 0.5) is 8.78 Å². The predicted molar refractivity (Wildman–Crippen MR) is 62.9 cm³/mol. The van der Waals surface area contributed by atoms with Gasteiger partial charge in [0, 0.05) is 12.5 Å². The van der Waals surface area contributed by atoms with Gasteiger partial charge in [-0.25, -0.2) is 8.78 Å². The Hall–Kier alpha value is -1.29. The van der Waals surface area contributed by atoms with Gasteiger partial charge in [-0.05, 0) is 25.0 Å². The molecule has 0 aliphatic rings. The molecule has 0 heterocycles. The maximum absolute atomic E-state index is 13.7. The minimum absolute atomic E-state index is 0.111. The first-order valence-electron chi connectivity index (χ1n) is 5.71. The van der Waals surface area contributed by atoms with Crippen LogP contribution in [0, 0.1) is 24.5 Å². The maximum atomic E-state index is 13.7. The van der Waals surface area contributed by atoms with Crippen LogP contribution >= 0.6 is 0 Å². The molecule has 17 heavy (non-hydrogen) atoms. The Bertz CT molecular complexity index is 418. The summed E-state index contributed by atoms with van der Waals surface area (Å²) in [5.41, 5.74) is 5.29. The Morgan fingerprint density at radius 3 is 2.59 bits per heavy atom. The second kappa shape index (κ2) is 5.87. The Labute approximate surface area is 99.8 Å². The number of carbonyl (C=O) groups excluding carboxylic acids is 1. The summed E-state index contributed by atoms with van der Waals surface area (Å²) in [5, 5.41) is 0. The van der Waals surface area contributed by atoms with E-state index in [-0.39, 0.29) is 12.1 Å². The average Bonchev–Trinajstić information content (AvgIpc) is 2.31. The second-order valence-corrected chi connectivity index (χ2v) is 4.14. The number of nitrogens with two attached hydrogens (primary N) is 1. The van der Waals surface area contributed by atoms with E-state index in [4.69, 9.17) is 5.73 Å². The SMILES string of the molecule is CCCC(CN)C(=O)c1c(F)ccc(C)c1F. The molecule has 1 aromatic carbocycles. The van der Waals surface area contributed by atoms with E-state index in [9.17, 15) is 13.6 Å². The number of benzene rings is 1. The highest BCUT2D eigenvalue weighted by molar-refractivity contribution is 5.98. The molecule has 0 aliphatic heterocycles. The maximum Gasteiger partial charge on any atom is 0.173 e. The molecule has 0 saturated heterocycles. The molecular formula is C13H17F2NO. The molecule has 2 nitrogen and oxygen atoms in total. The largest absolute Gasteiger partial charge is 0.330 e. The fourth-order valence-electron chi connectivity index (χ4n) is 1.79. The first kappa shape index (κ1) is 13.8. The highest BCUT2D eigenvalue weighted by Crippen LogP contribution is 2.21. The number of carbonyl (C=O) groups is 1. The van der Waals surface area contributed by atoms with Crippen LogP contribution in [-0.4, -0.2) is 12.3 Å². The summed E-state index contributed by atoms with van der Waals surface area (Å²) >= 11 is 0. The summed E-state index contributed by atoms with van der Waals surface area (Å²) in [6.07, 6.45) is 1.30. The zero-order valence-electron chi connectivity index (χ0n) is 10.1. The molecule has 1 rings (SSSR count). The molecule has 1 atom stereocenters. The van der Waals surface area contributed by atoms with Gasteiger partial charge in [0.1, 0.15) is 11.6 Å². The van der Waals surface area contributed by atoms with Crippen LogP contribution in [0.15, 0.2) is 12.1 Å². The number of hydrogen-bond donors (Lipinski definition) is 1. The first-order chi connectivity index (χ1) is 8.02. The summed E-state index contributed by atoms with van der Waals surface area (Å²) in [4.78, 5) is 12.0. The van der Waals surface area contributed by atoms with E-state index in [0.717, 1.165) is 12.5 Å². The van der Waals surface area contributed by atoms with Crippen molar-refractivity contribution < 1.29 is 13.6 Å². The first-order valence-corrected chi connectivity index (χ1v) is 5.71. The highest BCUT2D eigenvalue weighted by atomic mass is 19.1. The van der Waals surface area contributed by atoms with Crippen LogP contribution in [0.1, 0.15) is 35.7 Å². The lowest BCUT2D eigenvalue weighted by molar-refractivity contribution is 0.0908. The summed E-state index contributed by atoms with van der Waals surface area (Å²) in [5.74, 6) is -2.63.